The Kier molecular flexibility index (Phi) is 3.59. The molecule has 0 bridgehead atoms. The number of carbonyl (C=O) groups excluding carboxylic acids is 1. The number of aromatic nitrogens is 1. The molecule has 1 fully saturated rings. The molecule has 2 aliphatic rings. The van der Waals surface area contributed by atoms with Crippen molar-refractivity contribution in [3.63, 3.8) is 0 Å². The topological polar surface area (TPSA) is 54.6 Å². The van der Waals surface area contributed by atoms with Gasteiger partial charge < -0.3 is 19.4 Å². The largest absolute Gasteiger partial charge is 0.486 e. The second kappa shape index (κ2) is 6.09. The highest BCUT2D eigenvalue weighted by Crippen LogP contribution is 2.39. The number of hydrogen-bond acceptors (Lipinski definition) is 3. The van der Waals surface area contributed by atoms with Gasteiger partial charge in [0.25, 0.3) is 5.91 Å². The van der Waals surface area contributed by atoms with Gasteiger partial charge in [0.1, 0.15) is 13.2 Å². The molecule has 1 saturated heterocycles. The lowest BCUT2D eigenvalue weighted by molar-refractivity contribution is 0.0737. The van der Waals surface area contributed by atoms with Gasteiger partial charge >= 0.3 is 0 Å². The number of H-pyrrole nitrogens is 1. The molecule has 26 heavy (non-hydrogen) atoms. The van der Waals surface area contributed by atoms with E-state index >= 15 is 0 Å². The Bertz CT molecular complexity index is 978. The van der Waals surface area contributed by atoms with Gasteiger partial charge in [-0.05, 0) is 36.6 Å². The Morgan fingerprint density at radius 1 is 1.08 bits per heavy atom. The lowest BCUT2D eigenvalue weighted by atomic mass is 10.0. The molecule has 5 heteroatoms. The number of amides is 1. The van der Waals surface area contributed by atoms with E-state index in [-0.39, 0.29) is 11.9 Å². The Morgan fingerprint density at radius 2 is 1.92 bits per heavy atom. The van der Waals surface area contributed by atoms with Crippen molar-refractivity contribution in [3.8, 4) is 11.5 Å². The summed E-state index contributed by atoms with van der Waals surface area (Å²) >= 11 is 0. The summed E-state index contributed by atoms with van der Waals surface area (Å²) in [5, 5.41) is 0.977. The SMILES string of the molecule is O=C(c1c[nH]c2ccccc12)N1CCCC1c1ccc2c(c1)OCCO2. The van der Waals surface area contributed by atoms with Gasteiger partial charge in [0, 0.05) is 23.6 Å². The first-order valence-corrected chi connectivity index (χ1v) is 9.08. The smallest absolute Gasteiger partial charge is 0.256 e. The third-order valence-corrected chi connectivity index (χ3v) is 5.28. The van der Waals surface area contributed by atoms with E-state index in [4.69, 9.17) is 9.47 Å². The molecule has 5 nitrogen and oxygen atoms in total. The number of aromatic amines is 1. The van der Waals surface area contributed by atoms with Crippen LogP contribution in [0.3, 0.4) is 0 Å². The van der Waals surface area contributed by atoms with Crippen LogP contribution in [-0.4, -0.2) is 35.5 Å². The van der Waals surface area contributed by atoms with Crippen LogP contribution in [0.15, 0.2) is 48.7 Å². The molecular formula is C21H20N2O3. The van der Waals surface area contributed by atoms with Crippen molar-refractivity contribution in [2.75, 3.05) is 19.8 Å². The Morgan fingerprint density at radius 3 is 2.85 bits per heavy atom. The summed E-state index contributed by atoms with van der Waals surface area (Å²) in [6.45, 7) is 1.93. The zero-order valence-corrected chi connectivity index (χ0v) is 14.4. The highest BCUT2D eigenvalue weighted by Gasteiger charge is 2.32. The zero-order chi connectivity index (χ0) is 17.5. The number of fused-ring (bicyclic) bond motifs is 2. The monoisotopic (exact) mass is 348 g/mol. The van der Waals surface area contributed by atoms with Crippen molar-refractivity contribution >= 4 is 16.8 Å². The number of nitrogens with zero attached hydrogens (tertiary/aromatic N) is 1. The maximum absolute atomic E-state index is 13.2. The summed E-state index contributed by atoms with van der Waals surface area (Å²) in [5.74, 6) is 1.65. The van der Waals surface area contributed by atoms with Gasteiger partial charge in [-0.3, -0.25) is 4.79 Å². The predicted molar refractivity (Wildman–Crippen MR) is 98.7 cm³/mol. The molecule has 3 heterocycles. The average Bonchev–Trinajstić information content (AvgIpc) is 3.34. The molecule has 0 saturated carbocycles. The van der Waals surface area contributed by atoms with E-state index in [9.17, 15) is 4.79 Å². The minimum Gasteiger partial charge on any atom is -0.486 e. The summed E-state index contributed by atoms with van der Waals surface area (Å²) in [7, 11) is 0. The van der Waals surface area contributed by atoms with E-state index in [1.807, 2.05) is 47.5 Å². The molecule has 1 N–H and O–H groups in total. The minimum absolute atomic E-state index is 0.0759. The number of rotatable bonds is 2. The lowest BCUT2D eigenvalue weighted by Crippen LogP contribution is -2.30. The van der Waals surface area contributed by atoms with Gasteiger partial charge in [0.05, 0.1) is 11.6 Å². The van der Waals surface area contributed by atoms with Crippen molar-refractivity contribution < 1.29 is 14.3 Å². The van der Waals surface area contributed by atoms with E-state index < -0.39 is 0 Å². The molecule has 2 aromatic carbocycles. The second-order valence-electron chi connectivity index (χ2n) is 6.81. The molecule has 3 aromatic rings. The van der Waals surface area contributed by atoms with Gasteiger partial charge in [-0.2, -0.15) is 0 Å². The highest BCUT2D eigenvalue weighted by atomic mass is 16.6. The molecule has 1 unspecified atom stereocenters. The molecule has 0 radical (unpaired) electrons. The van der Waals surface area contributed by atoms with Gasteiger partial charge in [0.2, 0.25) is 0 Å². The second-order valence-corrected chi connectivity index (χ2v) is 6.81. The standard InChI is InChI=1S/C21H20N2O3/c24-21(16-13-22-17-5-2-1-4-15(16)17)23-9-3-6-18(23)14-7-8-19-20(12-14)26-11-10-25-19/h1-2,4-5,7-8,12-13,18,22H,3,6,9-11H2. The molecule has 0 aliphatic carbocycles. The van der Waals surface area contributed by atoms with Gasteiger partial charge in [-0.15, -0.1) is 0 Å². The van der Waals surface area contributed by atoms with E-state index in [0.717, 1.165) is 52.9 Å². The maximum Gasteiger partial charge on any atom is 0.256 e. The van der Waals surface area contributed by atoms with E-state index in [0.29, 0.717) is 13.2 Å². The lowest BCUT2D eigenvalue weighted by Gasteiger charge is -2.26. The third-order valence-electron chi connectivity index (χ3n) is 5.28. The van der Waals surface area contributed by atoms with E-state index in [2.05, 4.69) is 11.1 Å². The van der Waals surface area contributed by atoms with Crippen molar-refractivity contribution in [1.29, 1.82) is 0 Å². The van der Waals surface area contributed by atoms with Crippen LogP contribution in [0, 0.1) is 0 Å². The number of carbonyl (C=O) groups is 1. The van der Waals surface area contributed by atoms with Crippen molar-refractivity contribution in [2.45, 2.75) is 18.9 Å². The van der Waals surface area contributed by atoms with Crippen molar-refractivity contribution in [1.82, 2.24) is 9.88 Å². The van der Waals surface area contributed by atoms with Crippen LogP contribution >= 0.6 is 0 Å². The normalized spacial score (nSPS) is 19.1. The quantitative estimate of drug-likeness (QED) is 0.764. The first-order valence-electron chi connectivity index (χ1n) is 9.08. The molecule has 1 amide bonds. The van der Waals surface area contributed by atoms with Crippen molar-refractivity contribution in [3.05, 3.63) is 59.8 Å². The predicted octanol–water partition coefficient (Wildman–Crippen LogP) is 3.92. The van der Waals surface area contributed by atoms with Gasteiger partial charge in [0.15, 0.2) is 11.5 Å². The number of hydrogen-bond donors (Lipinski definition) is 1. The fraction of sp³-hybridized carbons (Fsp3) is 0.286. The van der Waals surface area contributed by atoms with Crippen LogP contribution in [-0.2, 0) is 0 Å². The summed E-state index contributed by atoms with van der Waals surface area (Å²) < 4.78 is 11.3. The number of likely N-dealkylation sites (tertiary alicyclic amines) is 1. The average molecular weight is 348 g/mol. The van der Waals surface area contributed by atoms with E-state index in [1.165, 1.54) is 0 Å². The molecule has 2 aliphatic heterocycles. The molecule has 1 aromatic heterocycles. The third kappa shape index (κ3) is 2.43. The first-order chi connectivity index (χ1) is 12.8. The van der Waals surface area contributed by atoms with Crippen LogP contribution < -0.4 is 9.47 Å². The summed E-state index contributed by atoms with van der Waals surface area (Å²) in [6, 6.07) is 14.0. The van der Waals surface area contributed by atoms with Gasteiger partial charge in [-0.25, -0.2) is 0 Å². The minimum atomic E-state index is 0.0759. The van der Waals surface area contributed by atoms with Crippen LogP contribution in [0.5, 0.6) is 11.5 Å². The van der Waals surface area contributed by atoms with Crippen LogP contribution in [0.2, 0.25) is 0 Å². The Balaban J connectivity index is 1.48. The molecule has 5 rings (SSSR count). The summed E-state index contributed by atoms with van der Waals surface area (Å²) in [5.41, 5.74) is 2.84. The van der Waals surface area contributed by atoms with Crippen LogP contribution in [0.1, 0.15) is 34.8 Å². The van der Waals surface area contributed by atoms with E-state index in [1.54, 1.807) is 0 Å². The summed E-state index contributed by atoms with van der Waals surface area (Å²) in [6.07, 6.45) is 3.80. The molecular weight excluding hydrogens is 328 g/mol. The molecule has 132 valence electrons. The first kappa shape index (κ1) is 15.3. The number of benzene rings is 2. The number of para-hydroxylation sites is 1. The Hall–Kier alpha value is -2.95. The van der Waals surface area contributed by atoms with Crippen LogP contribution in [0.25, 0.3) is 10.9 Å². The summed E-state index contributed by atoms with van der Waals surface area (Å²) in [4.78, 5) is 18.4. The highest BCUT2D eigenvalue weighted by molar-refractivity contribution is 6.06. The number of ether oxygens (including phenoxy) is 2. The maximum atomic E-state index is 13.2. The molecule has 0 spiro atoms. The van der Waals surface area contributed by atoms with Crippen LogP contribution in [0.4, 0.5) is 0 Å². The fourth-order valence-electron chi connectivity index (χ4n) is 4.03. The Labute approximate surface area is 151 Å². The zero-order valence-electron chi connectivity index (χ0n) is 14.4. The number of nitrogens with one attached hydrogen (secondary N) is 1. The molecule has 1 atom stereocenters. The van der Waals surface area contributed by atoms with Crippen molar-refractivity contribution in [2.24, 2.45) is 0 Å². The fourth-order valence-corrected chi connectivity index (χ4v) is 4.03. The van der Waals surface area contributed by atoms with Gasteiger partial charge in [-0.1, -0.05) is 24.3 Å².